The quantitative estimate of drug-likeness (QED) is 0.849. The number of carbonyl (C=O) groups is 2. The van der Waals surface area contributed by atoms with Gasteiger partial charge in [0.15, 0.2) is 0 Å². The molecule has 1 atom stereocenters. The van der Waals surface area contributed by atoms with E-state index >= 15 is 0 Å². The van der Waals surface area contributed by atoms with Crippen LogP contribution in [-0.2, 0) is 4.79 Å². The van der Waals surface area contributed by atoms with E-state index in [0.717, 1.165) is 32.2 Å². The molecule has 27 heavy (non-hydrogen) atoms. The Morgan fingerprint density at radius 1 is 0.963 bits per heavy atom. The number of hydrogen-bond acceptors (Lipinski definition) is 2. The fraction of sp³-hybridized carbons (Fsp3) is 0.455. The van der Waals surface area contributed by atoms with Gasteiger partial charge in [-0.1, -0.05) is 42.5 Å². The number of amides is 2. The SMILES string of the molecule is O=C(O)C1CCC(NC(=O)N2CCCC2c2cccc3ccccc23)CC1. The molecule has 0 aromatic heterocycles. The van der Waals surface area contributed by atoms with Gasteiger partial charge in [-0.25, -0.2) is 4.79 Å². The Morgan fingerprint density at radius 3 is 2.48 bits per heavy atom. The third-order valence-electron chi connectivity index (χ3n) is 6.10. The second-order valence-electron chi connectivity index (χ2n) is 7.76. The zero-order valence-electron chi connectivity index (χ0n) is 15.4. The molecule has 1 aliphatic carbocycles. The molecule has 2 amide bonds. The summed E-state index contributed by atoms with van der Waals surface area (Å²) in [6.45, 7) is 0.768. The lowest BCUT2D eigenvalue weighted by molar-refractivity contribution is -0.142. The molecule has 1 unspecified atom stereocenters. The predicted octanol–water partition coefficient (Wildman–Crippen LogP) is 4.33. The molecule has 2 aromatic rings. The maximum Gasteiger partial charge on any atom is 0.318 e. The molecule has 5 heteroatoms. The van der Waals surface area contributed by atoms with Crippen molar-refractivity contribution in [2.24, 2.45) is 5.92 Å². The number of hydrogen-bond donors (Lipinski definition) is 2. The monoisotopic (exact) mass is 366 g/mol. The van der Waals surface area contributed by atoms with Crippen molar-refractivity contribution in [3.63, 3.8) is 0 Å². The van der Waals surface area contributed by atoms with Crippen molar-refractivity contribution in [3.8, 4) is 0 Å². The van der Waals surface area contributed by atoms with Crippen LogP contribution in [0.15, 0.2) is 42.5 Å². The van der Waals surface area contributed by atoms with Gasteiger partial charge in [0.1, 0.15) is 0 Å². The maximum absolute atomic E-state index is 12.9. The second-order valence-corrected chi connectivity index (χ2v) is 7.76. The average Bonchev–Trinajstić information content (AvgIpc) is 3.18. The van der Waals surface area contributed by atoms with E-state index in [4.69, 9.17) is 5.11 Å². The van der Waals surface area contributed by atoms with E-state index < -0.39 is 5.97 Å². The lowest BCUT2D eigenvalue weighted by atomic mass is 9.86. The molecule has 2 aliphatic rings. The number of likely N-dealkylation sites (tertiary alicyclic amines) is 1. The Kier molecular flexibility index (Phi) is 5.01. The Labute approximate surface area is 159 Å². The van der Waals surface area contributed by atoms with Gasteiger partial charge in [-0.2, -0.15) is 0 Å². The topological polar surface area (TPSA) is 69.6 Å². The van der Waals surface area contributed by atoms with Crippen LogP contribution in [0.25, 0.3) is 10.8 Å². The van der Waals surface area contributed by atoms with Gasteiger partial charge < -0.3 is 15.3 Å². The minimum absolute atomic E-state index is 0.00999. The first-order chi connectivity index (χ1) is 13.1. The Morgan fingerprint density at radius 2 is 1.70 bits per heavy atom. The first-order valence-electron chi connectivity index (χ1n) is 9.91. The summed E-state index contributed by atoms with van der Waals surface area (Å²) in [4.78, 5) is 26.0. The molecule has 2 N–H and O–H groups in total. The summed E-state index contributed by atoms with van der Waals surface area (Å²) >= 11 is 0. The summed E-state index contributed by atoms with van der Waals surface area (Å²) in [5.41, 5.74) is 1.22. The van der Waals surface area contributed by atoms with Crippen LogP contribution in [-0.4, -0.2) is 34.6 Å². The number of nitrogens with zero attached hydrogens (tertiary/aromatic N) is 1. The summed E-state index contributed by atoms with van der Waals surface area (Å²) in [6.07, 6.45) is 4.77. The Hall–Kier alpha value is -2.56. The molecule has 1 heterocycles. The van der Waals surface area contributed by atoms with Gasteiger partial charge >= 0.3 is 12.0 Å². The van der Waals surface area contributed by atoms with Gasteiger partial charge in [0.25, 0.3) is 0 Å². The van der Waals surface area contributed by atoms with E-state index in [0.29, 0.717) is 12.8 Å². The third-order valence-corrected chi connectivity index (χ3v) is 6.10. The van der Waals surface area contributed by atoms with Crippen molar-refractivity contribution < 1.29 is 14.7 Å². The highest BCUT2D eigenvalue weighted by Gasteiger charge is 2.33. The standard InChI is InChI=1S/C22H26N2O3/c25-21(26)16-10-12-17(13-11-16)23-22(27)24-14-4-9-20(24)19-8-3-6-15-5-1-2-7-18(15)19/h1-3,5-8,16-17,20H,4,9-14H2,(H,23,27)(H,25,26). The van der Waals surface area contributed by atoms with Crippen LogP contribution >= 0.6 is 0 Å². The molecule has 2 fully saturated rings. The highest BCUT2D eigenvalue weighted by Crippen LogP contribution is 2.36. The Bertz CT molecular complexity index is 837. The molecule has 5 nitrogen and oxygen atoms in total. The zero-order valence-corrected chi connectivity index (χ0v) is 15.4. The lowest BCUT2D eigenvalue weighted by Gasteiger charge is -2.31. The van der Waals surface area contributed by atoms with E-state index in [2.05, 4.69) is 35.6 Å². The predicted molar refractivity (Wildman–Crippen MR) is 105 cm³/mol. The number of benzene rings is 2. The van der Waals surface area contributed by atoms with Gasteiger partial charge in [0.2, 0.25) is 0 Å². The first-order valence-corrected chi connectivity index (χ1v) is 9.91. The van der Waals surface area contributed by atoms with Gasteiger partial charge in [-0.05, 0) is 54.9 Å². The molecule has 0 bridgehead atoms. The first kappa shape index (κ1) is 17.8. The fourth-order valence-corrected chi connectivity index (χ4v) is 4.62. The van der Waals surface area contributed by atoms with Crippen LogP contribution in [0, 0.1) is 5.92 Å². The van der Waals surface area contributed by atoms with Crippen molar-refractivity contribution in [1.82, 2.24) is 10.2 Å². The van der Waals surface area contributed by atoms with E-state index in [1.165, 1.54) is 16.3 Å². The summed E-state index contributed by atoms with van der Waals surface area (Å²) < 4.78 is 0. The van der Waals surface area contributed by atoms with Crippen LogP contribution in [0.1, 0.15) is 50.1 Å². The average molecular weight is 366 g/mol. The number of carbonyl (C=O) groups excluding carboxylic acids is 1. The minimum Gasteiger partial charge on any atom is -0.481 e. The molecule has 2 aromatic carbocycles. The van der Waals surface area contributed by atoms with Crippen molar-refractivity contribution >= 4 is 22.8 Å². The normalized spacial score (nSPS) is 25.5. The van der Waals surface area contributed by atoms with Gasteiger partial charge in [-0.15, -0.1) is 0 Å². The fourth-order valence-electron chi connectivity index (χ4n) is 4.62. The lowest BCUT2D eigenvalue weighted by Crippen LogP contribution is -2.46. The van der Waals surface area contributed by atoms with Crippen LogP contribution in [0.5, 0.6) is 0 Å². The summed E-state index contributed by atoms with van der Waals surface area (Å²) in [5, 5.41) is 14.7. The van der Waals surface area contributed by atoms with Gasteiger partial charge in [0.05, 0.1) is 12.0 Å². The van der Waals surface area contributed by atoms with Crippen molar-refractivity contribution in [2.45, 2.75) is 50.6 Å². The maximum atomic E-state index is 12.9. The van der Waals surface area contributed by atoms with Crippen molar-refractivity contribution in [2.75, 3.05) is 6.54 Å². The highest BCUT2D eigenvalue weighted by atomic mass is 16.4. The summed E-state index contributed by atoms with van der Waals surface area (Å²) in [7, 11) is 0. The number of aliphatic carboxylic acids is 1. The van der Waals surface area contributed by atoms with Crippen LogP contribution in [0.4, 0.5) is 4.79 Å². The van der Waals surface area contributed by atoms with E-state index in [9.17, 15) is 9.59 Å². The number of carboxylic acids is 1. The smallest absolute Gasteiger partial charge is 0.318 e. The molecular weight excluding hydrogens is 340 g/mol. The number of urea groups is 1. The molecule has 1 aliphatic heterocycles. The molecular formula is C22H26N2O3. The second kappa shape index (κ2) is 7.59. The molecule has 0 radical (unpaired) electrons. The van der Waals surface area contributed by atoms with Gasteiger partial charge in [-0.3, -0.25) is 4.79 Å². The van der Waals surface area contributed by atoms with E-state index in [-0.39, 0.29) is 24.0 Å². The highest BCUT2D eigenvalue weighted by molar-refractivity contribution is 5.87. The number of rotatable bonds is 3. The number of nitrogens with one attached hydrogen (secondary N) is 1. The Balaban J connectivity index is 1.47. The van der Waals surface area contributed by atoms with Crippen LogP contribution in [0.2, 0.25) is 0 Å². The largest absolute Gasteiger partial charge is 0.481 e. The molecule has 1 saturated carbocycles. The van der Waals surface area contributed by atoms with Crippen LogP contribution < -0.4 is 5.32 Å². The van der Waals surface area contributed by atoms with Crippen LogP contribution in [0.3, 0.4) is 0 Å². The molecule has 0 spiro atoms. The molecule has 142 valence electrons. The van der Waals surface area contributed by atoms with E-state index in [1.54, 1.807) is 0 Å². The molecule has 1 saturated heterocycles. The third kappa shape index (κ3) is 3.64. The van der Waals surface area contributed by atoms with Gasteiger partial charge in [0, 0.05) is 12.6 Å². The zero-order chi connectivity index (χ0) is 18.8. The minimum atomic E-state index is -0.713. The van der Waals surface area contributed by atoms with Crippen molar-refractivity contribution in [1.29, 1.82) is 0 Å². The summed E-state index contributed by atoms with van der Waals surface area (Å²) in [6, 6.07) is 14.8. The molecule has 4 rings (SSSR count). The number of carboxylic acid groups (broad SMARTS) is 1. The number of fused-ring (bicyclic) bond motifs is 1. The van der Waals surface area contributed by atoms with E-state index in [1.807, 2.05) is 17.0 Å². The summed E-state index contributed by atoms with van der Waals surface area (Å²) in [5.74, 6) is -0.969. The van der Waals surface area contributed by atoms with Crippen molar-refractivity contribution in [3.05, 3.63) is 48.0 Å².